The van der Waals surface area contributed by atoms with Crippen LogP contribution in [0.2, 0.25) is 5.02 Å². The number of pyridine rings is 1. The number of fused-ring (bicyclic) bond motifs is 1. The maximum absolute atomic E-state index is 6.41. The van der Waals surface area contributed by atoms with Crippen LogP contribution in [0.15, 0.2) is 65.3 Å². The maximum atomic E-state index is 6.41. The Hall–Kier alpha value is -3.75. The van der Waals surface area contributed by atoms with Gasteiger partial charge in [-0.05, 0) is 53.4 Å². The minimum atomic E-state index is 0.0868. The number of nitrogens with zero attached hydrogens (tertiary/aromatic N) is 6. The fraction of sp³-hybridized carbons (Fsp3) is 0.355. The molecule has 1 saturated heterocycles. The maximum Gasteiger partial charge on any atom is 0.227 e. The number of hydrogen-bond donors (Lipinski definition) is 1. The van der Waals surface area contributed by atoms with Gasteiger partial charge in [-0.25, -0.2) is 4.98 Å². The number of aromatic amines is 1. The topological polar surface area (TPSA) is 87.0 Å². The first-order valence-electron chi connectivity index (χ1n) is 13.8. The first-order valence-corrected chi connectivity index (χ1v) is 14.1. The minimum Gasteiger partial charge on any atom is -0.368 e. The highest BCUT2D eigenvalue weighted by atomic mass is 35.5. The van der Waals surface area contributed by atoms with Crippen molar-refractivity contribution < 1.29 is 4.52 Å². The van der Waals surface area contributed by atoms with E-state index >= 15 is 0 Å². The zero-order chi connectivity index (χ0) is 27.7. The number of piperazine rings is 1. The Morgan fingerprint density at radius 2 is 1.80 bits per heavy atom. The quantitative estimate of drug-likeness (QED) is 0.257. The SMILES string of the molecule is CC(C)(C)Cc1nc(-c2ccc3nc(Cc4cc(CN5CCN(c6ccccc6Cl)CC5)ccn4)[nH]c3c2)no1. The molecule has 6 rings (SSSR count). The van der Waals surface area contributed by atoms with Crippen molar-refractivity contribution in [2.24, 2.45) is 5.41 Å². The molecule has 40 heavy (non-hydrogen) atoms. The third kappa shape index (κ3) is 6.18. The summed E-state index contributed by atoms with van der Waals surface area (Å²) in [5, 5.41) is 5.01. The Balaban J connectivity index is 1.09. The summed E-state index contributed by atoms with van der Waals surface area (Å²) in [5.74, 6) is 2.13. The number of rotatable bonds is 7. The molecule has 0 bridgehead atoms. The number of anilines is 1. The number of nitrogens with one attached hydrogen (secondary N) is 1. The average molecular weight is 556 g/mol. The first-order chi connectivity index (χ1) is 19.3. The Labute approximate surface area is 239 Å². The summed E-state index contributed by atoms with van der Waals surface area (Å²) in [6, 6.07) is 18.4. The largest absolute Gasteiger partial charge is 0.368 e. The van der Waals surface area contributed by atoms with Gasteiger partial charge in [-0.3, -0.25) is 9.88 Å². The van der Waals surface area contributed by atoms with Gasteiger partial charge in [0.1, 0.15) is 5.82 Å². The van der Waals surface area contributed by atoms with E-state index in [2.05, 4.69) is 68.9 Å². The molecule has 5 aromatic rings. The predicted molar refractivity (Wildman–Crippen MR) is 159 cm³/mol. The van der Waals surface area contributed by atoms with Crippen molar-refractivity contribution in [2.75, 3.05) is 31.1 Å². The molecule has 0 unspecified atom stereocenters. The highest BCUT2D eigenvalue weighted by molar-refractivity contribution is 6.33. The van der Waals surface area contributed by atoms with Crippen LogP contribution in [0.5, 0.6) is 0 Å². The summed E-state index contributed by atoms with van der Waals surface area (Å²) in [5.41, 5.74) is 6.22. The van der Waals surface area contributed by atoms with Gasteiger partial charge in [-0.15, -0.1) is 0 Å². The molecule has 0 atom stereocenters. The van der Waals surface area contributed by atoms with E-state index < -0.39 is 0 Å². The standard InChI is InChI=1S/C31H34ClN7O/c1-31(2,3)19-29-36-30(37-40-29)22-8-9-25-26(17-22)35-28(34-25)18-23-16-21(10-11-33-23)20-38-12-14-39(15-13-38)27-7-5-4-6-24(27)32/h4-11,16-17H,12-15,18-20H2,1-3H3,(H,34,35). The normalized spacial score (nSPS) is 14.8. The van der Waals surface area contributed by atoms with E-state index in [9.17, 15) is 0 Å². The molecule has 1 aliphatic heterocycles. The smallest absolute Gasteiger partial charge is 0.227 e. The van der Waals surface area contributed by atoms with Gasteiger partial charge in [-0.1, -0.05) is 49.7 Å². The zero-order valence-corrected chi connectivity index (χ0v) is 23.9. The minimum absolute atomic E-state index is 0.0868. The second-order valence-corrected chi connectivity index (χ2v) is 12.1. The summed E-state index contributed by atoms with van der Waals surface area (Å²) in [4.78, 5) is 22.3. The van der Waals surface area contributed by atoms with Crippen LogP contribution in [0.25, 0.3) is 22.4 Å². The second kappa shape index (κ2) is 11.0. The van der Waals surface area contributed by atoms with Crippen LogP contribution in [0.3, 0.4) is 0 Å². The Morgan fingerprint density at radius 3 is 2.60 bits per heavy atom. The monoisotopic (exact) mass is 555 g/mol. The lowest BCUT2D eigenvalue weighted by Crippen LogP contribution is -2.46. The van der Waals surface area contributed by atoms with Crippen molar-refractivity contribution >= 4 is 28.3 Å². The van der Waals surface area contributed by atoms with Crippen LogP contribution in [-0.2, 0) is 19.4 Å². The van der Waals surface area contributed by atoms with Crippen LogP contribution in [-0.4, -0.2) is 56.2 Å². The van der Waals surface area contributed by atoms with Crippen LogP contribution >= 0.6 is 11.6 Å². The molecule has 1 fully saturated rings. The van der Waals surface area contributed by atoms with Crippen molar-refractivity contribution in [1.29, 1.82) is 0 Å². The highest BCUT2D eigenvalue weighted by Gasteiger charge is 2.20. The van der Waals surface area contributed by atoms with Gasteiger partial charge in [0.2, 0.25) is 11.7 Å². The van der Waals surface area contributed by atoms with Crippen molar-refractivity contribution in [3.63, 3.8) is 0 Å². The van der Waals surface area contributed by atoms with Gasteiger partial charge in [0.25, 0.3) is 0 Å². The summed E-state index contributed by atoms with van der Waals surface area (Å²) >= 11 is 6.41. The Bertz CT molecular complexity index is 1610. The van der Waals surface area contributed by atoms with Gasteiger partial charge in [0, 0.05) is 63.0 Å². The molecule has 0 aliphatic carbocycles. The van der Waals surface area contributed by atoms with E-state index in [4.69, 9.17) is 21.1 Å². The average Bonchev–Trinajstić information content (AvgIpc) is 3.54. The van der Waals surface area contributed by atoms with Crippen LogP contribution in [0.4, 0.5) is 5.69 Å². The molecule has 0 spiro atoms. The van der Waals surface area contributed by atoms with Gasteiger partial charge in [0.15, 0.2) is 0 Å². The van der Waals surface area contributed by atoms with E-state index in [1.165, 1.54) is 5.56 Å². The molecule has 0 radical (unpaired) electrons. The number of para-hydroxylation sites is 1. The zero-order valence-electron chi connectivity index (χ0n) is 23.2. The van der Waals surface area contributed by atoms with Crippen molar-refractivity contribution in [1.82, 2.24) is 30.0 Å². The molecule has 8 nitrogen and oxygen atoms in total. The highest BCUT2D eigenvalue weighted by Crippen LogP contribution is 2.27. The summed E-state index contributed by atoms with van der Waals surface area (Å²) in [7, 11) is 0. The number of H-pyrrole nitrogens is 1. The molecule has 2 aromatic carbocycles. The van der Waals surface area contributed by atoms with E-state index in [0.29, 0.717) is 18.1 Å². The van der Waals surface area contributed by atoms with Gasteiger partial charge in [0.05, 0.1) is 21.7 Å². The number of hydrogen-bond acceptors (Lipinski definition) is 7. The van der Waals surface area contributed by atoms with E-state index in [1.807, 2.05) is 42.6 Å². The molecular formula is C31H34ClN7O. The van der Waals surface area contributed by atoms with E-state index in [1.54, 1.807) is 0 Å². The number of aromatic nitrogens is 5. The van der Waals surface area contributed by atoms with Crippen molar-refractivity contribution in [2.45, 2.75) is 40.2 Å². The van der Waals surface area contributed by atoms with Crippen LogP contribution < -0.4 is 4.90 Å². The Kier molecular flexibility index (Phi) is 7.29. The van der Waals surface area contributed by atoms with Crippen molar-refractivity contribution in [3.05, 3.63) is 88.8 Å². The summed E-state index contributed by atoms with van der Waals surface area (Å²) in [6.45, 7) is 11.3. The lowest BCUT2D eigenvalue weighted by Gasteiger charge is -2.36. The molecule has 9 heteroatoms. The van der Waals surface area contributed by atoms with Gasteiger partial charge >= 0.3 is 0 Å². The van der Waals surface area contributed by atoms with E-state index in [0.717, 1.165) is 78.0 Å². The molecule has 1 aliphatic rings. The predicted octanol–water partition coefficient (Wildman–Crippen LogP) is 6.16. The lowest BCUT2D eigenvalue weighted by atomic mass is 9.92. The lowest BCUT2D eigenvalue weighted by molar-refractivity contribution is 0.250. The molecule has 4 heterocycles. The third-order valence-corrected chi connectivity index (χ3v) is 7.46. The number of halogens is 1. The number of benzene rings is 2. The summed E-state index contributed by atoms with van der Waals surface area (Å²) in [6.07, 6.45) is 3.27. The molecular weight excluding hydrogens is 522 g/mol. The molecule has 0 amide bonds. The first kappa shape index (κ1) is 26.5. The molecule has 1 N–H and O–H groups in total. The summed E-state index contributed by atoms with van der Waals surface area (Å²) < 4.78 is 5.48. The third-order valence-electron chi connectivity index (χ3n) is 7.14. The van der Waals surface area contributed by atoms with Crippen molar-refractivity contribution in [3.8, 4) is 11.4 Å². The van der Waals surface area contributed by atoms with Crippen LogP contribution in [0.1, 0.15) is 43.7 Å². The fourth-order valence-corrected chi connectivity index (χ4v) is 5.45. The van der Waals surface area contributed by atoms with Crippen LogP contribution in [0, 0.1) is 5.41 Å². The van der Waals surface area contributed by atoms with Gasteiger partial charge in [-0.2, -0.15) is 4.98 Å². The molecule has 0 saturated carbocycles. The fourth-order valence-electron chi connectivity index (χ4n) is 5.19. The second-order valence-electron chi connectivity index (χ2n) is 11.7. The Morgan fingerprint density at radius 1 is 0.975 bits per heavy atom. The molecule has 3 aromatic heterocycles. The molecule has 206 valence electrons. The number of imidazole rings is 1. The van der Waals surface area contributed by atoms with Gasteiger partial charge < -0.3 is 14.4 Å². The van der Waals surface area contributed by atoms with E-state index in [-0.39, 0.29) is 5.41 Å².